The third-order valence-corrected chi connectivity index (χ3v) is 1.03. The van der Waals surface area contributed by atoms with E-state index in [9.17, 15) is 15.3 Å². The lowest BCUT2D eigenvalue weighted by molar-refractivity contribution is -0.800. The van der Waals surface area contributed by atoms with Gasteiger partial charge in [0.15, 0.2) is 0 Å². The van der Waals surface area contributed by atoms with Gasteiger partial charge >= 0.3 is 11.0 Å². The van der Waals surface area contributed by atoms with Crippen molar-refractivity contribution in [1.82, 2.24) is 5.16 Å². The summed E-state index contributed by atoms with van der Waals surface area (Å²) >= 11 is 5.06. The first-order chi connectivity index (χ1) is 4.63. The van der Waals surface area contributed by atoms with Gasteiger partial charge in [0.1, 0.15) is 0 Å². The van der Waals surface area contributed by atoms with Crippen molar-refractivity contribution >= 4 is 17.4 Å². The van der Waals surface area contributed by atoms with Crippen molar-refractivity contribution in [2.75, 3.05) is 0 Å². The Morgan fingerprint density at radius 1 is 1.80 bits per heavy atom. The van der Waals surface area contributed by atoms with Crippen LogP contribution in [-0.2, 0) is 0 Å². The minimum absolute atomic E-state index is 0.250. The average molecular weight is 165 g/mol. The predicted molar refractivity (Wildman–Crippen MR) is 27.1 cm³/mol. The van der Waals surface area contributed by atoms with Gasteiger partial charge in [-0.05, 0) is 21.4 Å². The molecule has 1 heterocycles. The van der Waals surface area contributed by atoms with Crippen molar-refractivity contribution in [3.63, 3.8) is 0 Å². The van der Waals surface area contributed by atoms with Gasteiger partial charge in [0, 0.05) is 0 Å². The lowest BCUT2D eigenvalue weighted by atomic mass is 10.8. The summed E-state index contributed by atoms with van der Waals surface area (Å²) in [6, 6.07) is 0. The van der Waals surface area contributed by atoms with Gasteiger partial charge in [-0.25, -0.2) is 0 Å². The second-order valence-electron chi connectivity index (χ2n) is 1.30. The van der Waals surface area contributed by atoms with Crippen molar-refractivity contribution < 1.29 is 14.5 Å². The van der Waals surface area contributed by atoms with Crippen LogP contribution in [0.2, 0.25) is 5.15 Å². The highest BCUT2D eigenvalue weighted by molar-refractivity contribution is 6.30. The second kappa shape index (κ2) is 2.10. The van der Waals surface area contributed by atoms with Crippen LogP contribution in [0.15, 0.2) is 4.63 Å². The zero-order chi connectivity index (χ0) is 7.72. The molecule has 1 aromatic rings. The Morgan fingerprint density at radius 3 is 2.60 bits per heavy atom. The Hall–Kier alpha value is -1.37. The van der Waals surface area contributed by atoms with Crippen LogP contribution in [0.1, 0.15) is 0 Å². The molecular formula is C2ClN3O4. The lowest BCUT2D eigenvalue weighted by Gasteiger charge is -1.83. The summed E-state index contributed by atoms with van der Waals surface area (Å²) in [5.74, 6) is -0.781. The van der Waals surface area contributed by atoms with Crippen LogP contribution in [0, 0.1) is 15.3 Å². The molecule has 0 aliphatic carbocycles. The smallest absolute Gasteiger partial charge is 0.358 e. The highest BCUT2D eigenvalue weighted by Crippen LogP contribution is 2.15. The zero-order valence-electron chi connectivity index (χ0n) is 4.35. The van der Waals surface area contributed by atoms with E-state index in [0.717, 1.165) is 0 Å². The Labute approximate surface area is 58.5 Å². The highest BCUT2D eigenvalue weighted by Gasteiger charge is 2.22. The maximum Gasteiger partial charge on any atom is 0.452 e. The second-order valence-corrected chi connectivity index (χ2v) is 1.66. The number of hydrogen-bond donors (Lipinski definition) is 0. The minimum Gasteiger partial charge on any atom is -0.358 e. The molecule has 0 saturated heterocycles. The van der Waals surface area contributed by atoms with E-state index in [2.05, 4.69) is 9.79 Å². The standard InChI is InChI=1S/C2ClN3O4/c3-1-2(5(7)8)4-10-6(1)9. The monoisotopic (exact) mass is 165 g/mol. The summed E-state index contributed by atoms with van der Waals surface area (Å²) in [6.07, 6.45) is 0. The normalized spacial score (nSPS) is 9.70. The molecule has 0 bridgehead atoms. The minimum atomic E-state index is -0.916. The van der Waals surface area contributed by atoms with Crippen LogP contribution in [0.25, 0.3) is 0 Å². The average Bonchev–Trinajstić information content (AvgIpc) is 2.14. The molecule has 0 spiro atoms. The van der Waals surface area contributed by atoms with E-state index in [1.165, 1.54) is 0 Å². The van der Waals surface area contributed by atoms with E-state index in [1.807, 2.05) is 0 Å². The summed E-state index contributed by atoms with van der Waals surface area (Å²) in [5.41, 5.74) is 0. The molecule has 0 N–H and O–H groups in total. The van der Waals surface area contributed by atoms with E-state index in [4.69, 9.17) is 11.6 Å². The molecule has 0 unspecified atom stereocenters. The molecule has 0 aliphatic rings. The molecular weight excluding hydrogens is 165 g/mol. The number of hydrogen-bond acceptors (Lipinski definition) is 5. The van der Waals surface area contributed by atoms with E-state index in [0.29, 0.717) is 0 Å². The van der Waals surface area contributed by atoms with Gasteiger partial charge in [-0.3, -0.25) is 4.63 Å². The third-order valence-electron chi connectivity index (χ3n) is 0.719. The predicted octanol–water partition coefficient (Wildman–Crippen LogP) is -0.130. The Morgan fingerprint density at radius 2 is 2.40 bits per heavy atom. The Balaban J connectivity index is 3.17. The van der Waals surface area contributed by atoms with E-state index >= 15 is 0 Å². The topological polar surface area (TPSA) is 96.1 Å². The molecule has 0 saturated carbocycles. The van der Waals surface area contributed by atoms with E-state index in [-0.39, 0.29) is 4.90 Å². The van der Waals surface area contributed by atoms with Gasteiger partial charge in [-0.2, -0.15) is 0 Å². The summed E-state index contributed by atoms with van der Waals surface area (Å²) in [5, 5.41) is 22.2. The van der Waals surface area contributed by atoms with Crippen LogP contribution < -0.4 is 4.90 Å². The molecule has 54 valence electrons. The van der Waals surface area contributed by atoms with E-state index < -0.39 is 15.9 Å². The molecule has 0 atom stereocenters. The molecule has 8 heteroatoms. The van der Waals surface area contributed by atoms with Crippen molar-refractivity contribution in [1.29, 1.82) is 0 Å². The summed E-state index contributed by atoms with van der Waals surface area (Å²) in [4.78, 5) is 8.71. The largest absolute Gasteiger partial charge is 0.452 e. The molecule has 0 fully saturated rings. The number of halogens is 1. The fourth-order valence-corrected chi connectivity index (χ4v) is 0.474. The van der Waals surface area contributed by atoms with Gasteiger partial charge in [0.05, 0.1) is 5.16 Å². The lowest BCUT2D eigenvalue weighted by Crippen LogP contribution is -2.23. The maximum absolute atomic E-state index is 10.2. The number of aromatic nitrogens is 2. The van der Waals surface area contributed by atoms with Crippen LogP contribution >= 0.6 is 11.6 Å². The van der Waals surface area contributed by atoms with Crippen molar-refractivity contribution in [3.8, 4) is 0 Å². The summed E-state index contributed by atoms with van der Waals surface area (Å²) < 4.78 is 3.79. The van der Waals surface area contributed by atoms with Gasteiger partial charge in [-0.1, -0.05) is 0 Å². The molecule has 0 aromatic carbocycles. The number of nitro groups is 1. The first kappa shape index (κ1) is 6.75. The zero-order valence-corrected chi connectivity index (χ0v) is 5.11. The fraction of sp³-hybridized carbons (Fsp3) is 0. The number of nitrogens with zero attached hydrogens (tertiary/aromatic N) is 3. The maximum atomic E-state index is 10.2. The first-order valence-electron chi connectivity index (χ1n) is 2.02. The Kier molecular flexibility index (Phi) is 1.42. The molecule has 0 radical (unpaired) electrons. The van der Waals surface area contributed by atoms with E-state index in [1.54, 1.807) is 0 Å². The molecule has 0 amide bonds. The molecule has 10 heavy (non-hydrogen) atoms. The third kappa shape index (κ3) is 0.860. The SMILES string of the molecule is O=[N+]([O-])c1no[n+]([O-])c1Cl. The summed E-state index contributed by atoms with van der Waals surface area (Å²) in [7, 11) is 0. The molecule has 0 aliphatic heterocycles. The molecule has 1 aromatic heterocycles. The quantitative estimate of drug-likeness (QED) is 0.328. The van der Waals surface area contributed by atoms with Gasteiger partial charge < -0.3 is 15.3 Å². The number of rotatable bonds is 1. The van der Waals surface area contributed by atoms with Gasteiger partial charge in [0.2, 0.25) is 0 Å². The summed E-state index contributed by atoms with van der Waals surface area (Å²) in [6.45, 7) is 0. The molecule has 7 nitrogen and oxygen atoms in total. The highest BCUT2D eigenvalue weighted by atomic mass is 35.5. The first-order valence-corrected chi connectivity index (χ1v) is 2.40. The molecule has 1 rings (SSSR count). The van der Waals surface area contributed by atoms with Gasteiger partial charge in [0.25, 0.3) is 0 Å². The van der Waals surface area contributed by atoms with Crippen molar-refractivity contribution in [2.24, 2.45) is 0 Å². The Bertz CT molecular complexity index is 269. The van der Waals surface area contributed by atoms with Crippen LogP contribution in [0.4, 0.5) is 5.82 Å². The van der Waals surface area contributed by atoms with Crippen LogP contribution in [0.5, 0.6) is 0 Å². The fourth-order valence-electron chi connectivity index (χ4n) is 0.340. The van der Waals surface area contributed by atoms with Crippen LogP contribution in [0.3, 0.4) is 0 Å². The van der Waals surface area contributed by atoms with Crippen LogP contribution in [-0.4, -0.2) is 10.1 Å². The van der Waals surface area contributed by atoms with Crippen molar-refractivity contribution in [2.45, 2.75) is 0 Å². The van der Waals surface area contributed by atoms with Crippen molar-refractivity contribution in [3.05, 3.63) is 20.5 Å². The van der Waals surface area contributed by atoms with Gasteiger partial charge in [-0.15, -0.1) is 0 Å².